The molecule has 1 aromatic carbocycles. The van der Waals surface area contributed by atoms with Crippen molar-refractivity contribution in [3.8, 4) is 0 Å². The van der Waals surface area contributed by atoms with Gasteiger partial charge < -0.3 is 5.32 Å². The smallest absolute Gasteiger partial charge is 0.353 e. The van der Waals surface area contributed by atoms with Gasteiger partial charge in [0.25, 0.3) is 0 Å². The lowest BCUT2D eigenvalue weighted by atomic mass is 10.1. The predicted molar refractivity (Wildman–Crippen MR) is 73.0 cm³/mol. The van der Waals surface area contributed by atoms with Gasteiger partial charge in [0.1, 0.15) is 0 Å². The lowest BCUT2D eigenvalue weighted by Gasteiger charge is -2.05. The van der Waals surface area contributed by atoms with Crippen LogP contribution in [0.25, 0.3) is 6.08 Å². The molecule has 1 rings (SSSR count). The molecule has 1 amide bonds. The molecule has 1 aromatic rings. The van der Waals surface area contributed by atoms with Crippen molar-refractivity contribution in [2.24, 2.45) is 0 Å². The van der Waals surface area contributed by atoms with Gasteiger partial charge in [-0.15, -0.1) is 0 Å². The van der Waals surface area contributed by atoms with Crippen molar-refractivity contribution in [2.45, 2.75) is 32.4 Å². The molecule has 5 heteroatoms. The summed E-state index contributed by atoms with van der Waals surface area (Å²) in [6.07, 6.45) is 1.55. The second-order valence-corrected chi connectivity index (χ2v) is 4.45. The minimum atomic E-state index is -4.33. The van der Waals surface area contributed by atoms with Gasteiger partial charge in [-0.25, -0.2) is 0 Å². The molecular weight excluding hydrogens is 267 g/mol. The minimum Gasteiger partial charge on any atom is -0.353 e. The van der Waals surface area contributed by atoms with Crippen LogP contribution in [-0.2, 0) is 11.0 Å². The van der Waals surface area contributed by atoms with E-state index in [-0.39, 0.29) is 5.91 Å². The molecular formula is C15H18F3NO. The Kier molecular flexibility index (Phi) is 6.28. The topological polar surface area (TPSA) is 29.1 Å². The van der Waals surface area contributed by atoms with Gasteiger partial charge in [0.15, 0.2) is 0 Å². The Balaban J connectivity index is 2.47. The Bertz CT molecular complexity index is 449. The van der Waals surface area contributed by atoms with Crippen LogP contribution in [0.15, 0.2) is 30.3 Å². The summed E-state index contributed by atoms with van der Waals surface area (Å²) < 4.78 is 37.1. The zero-order chi connectivity index (χ0) is 15.0. The van der Waals surface area contributed by atoms with Gasteiger partial charge in [0.2, 0.25) is 5.91 Å². The lowest BCUT2D eigenvalue weighted by molar-refractivity contribution is -0.137. The highest BCUT2D eigenvalue weighted by Gasteiger charge is 2.29. The minimum absolute atomic E-state index is 0.235. The van der Waals surface area contributed by atoms with Crippen LogP contribution in [0.5, 0.6) is 0 Å². The van der Waals surface area contributed by atoms with E-state index in [1.165, 1.54) is 24.3 Å². The number of unbranched alkanes of at least 4 members (excludes halogenated alkanes) is 2. The van der Waals surface area contributed by atoms with E-state index in [1.54, 1.807) is 0 Å². The number of benzene rings is 1. The number of halogens is 3. The summed E-state index contributed by atoms with van der Waals surface area (Å²) in [6.45, 7) is 2.69. The lowest BCUT2D eigenvalue weighted by Crippen LogP contribution is -2.21. The zero-order valence-corrected chi connectivity index (χ0v) is 11.3. The summed E-state index contributed by atoms with van der Waals surface area (Å²) in [7, 11) is 0. The molecule has 0 aliphatic heterocycles. The summed E-state index contributed by atoms with van der Waals surface area (Å²) in [5, 5.41) is 2.72. The second kappa shape index (κ2) is 7.72. The van der Waals surface area contributed by atoms with E-state index in [2.05, 4.69) is 12.2 Å². The third-order valence-electron chi connectivity index (χ3n) is 2.74. The van der Waals surface area contributed by atoms with Crippen LogP contribution >= 0.6 is 0 Å². The molecule has 0 aromatic heterocycles. The first kappa shape index (κ1) is 16.3. The van der Waals surface area contributed by atoms with Crippen molar-refractivity contribution in [3.05, 3.63) is 41.5 Å². The number of alkyl halides is 3. The van der Waals surface area contributed by atoms with Crippen LogP contribution in [0.4, 0.5) is 13.2 Å². The van der Waals surface area contributed by atoms with Crippen LogP contribution in [0.3, 0.4) is 0 Å². The second-order valence-electron chi connectivity index (χ2n) is 4.45. The van der Waals surface area contributed by atoms with E-state index in [4.69, 9.17) is 0 Å². The Morgan fingerprint density at radius 2 is 1.85 bits per heavy atom. The van der Waals surface area contributed by atoms with E-state index in [9.17, 15) is 18.0 Å². The maximum atomic E-state index is 12.4. The molecule has 110 valence electrons. The monoisotopic (exact) mass is 285 g/mol. The van der Waals surface area contributed by atoms with Gasteiger partial charge in [-0.3, -0.25) is 4.79 Å². The fourth-order valence-electron chi connectivity index (χ4n) is 1.60. The zero-order valence-electron chi connectivity index (χ0n) is 11.3. The maximum Gasteiger partial charge on any atom is 0.416 e. The number of nitrogens with one attached hydrogen (secondary N) is 1. The van der Waals surface area contributed by atoms with Crippen molar-refractivity contribution >= 4 is 12.0 Å². The molecule has 0 saturated heterocycles. The fraction of sp³-hybridized carbons (Fsp3) is 0.400. The van der Waals surface area contributed by atoms with E-state index < -0.39 is 11.7 Å². The molecule has 0 heterocycles. The van der Waals surface area contributed by atoms with Crippen LogP contribution in [-0.4, -0.2) is 12.5 Å². The highest BCUT2D eigenvalue weighted by molar-refractivity contribution is 5.91. The molecule has 0 bridgehead atoms. The van der Waals surface area contributed by atoms with Crippen molar-refractivity contribution in [1.29, 1.82) is 0 Å². The average Bonchev–Trinajstić information content (AvgIpc) is 2.41. The summed E-state index contributed by atoms with van der Waals surface area (Å²) in [6, 6.07) is 4.67. The molecule has 0 atom stereocenters. The SMILES string of the molecule is CCCCCNC(=O)C=Cc1ccc(C(F)(F)F)cc1. The number of carbonyl (C=O) groups is 1. The predicted octanol–water partition coefficient (Wildman–Crippen LogP) is 4.03. The first-order valence-electron chi connectivity index (χ1n) is 6.56. The summed E-state index contributed by atoms with van der Waals surface area (Å²) in [5.41, 5.74) is -0.139. The van der Waals surface area contributed by atoms with E-state index in [0.29, 0.717) is 12.1 Å². The first-order valence-corrected chi connectivity index (χ1v) is 6.56. The van der Waals surface area contributed by atoms with Gasteiger partial charge >= 0.3 is 6.18 Å². The largest absolute Gasteiger partial charge is 0.416 e. The molecule has 0 spiro atoms. The summed E-state index contributed by atoms with van der Waals surface area (Å²) in [4.78, 5) is 11.4. The molecule has 2 nitrogen and oxygen atoms in total. The molecule has 0 fully saturated rings. The Morgan fingerprint density at radius 1 is 1.20 bits per heavy atom. The fourth-order valence-corrected chi connectivity index (χ4v) is 1.60. The molecule has 0 saturated carbocycles. The molecule has 0 aliphatic rings. The number of carbonyl (C=O) groups excluding carboxylic acids is 1. The van der Waals surface area contributed by atoms with Crippen LogP contribution < -0.4 is 5.32 Å². The highest BCUT2D eigenvalue weighted by atomic mass is 19.4. The Morgan fingerprint density at radius 3 is 2.40 bits per heavy atom. The van der Waals surface area contributed by atoms with Crippen LogP contribution in [0.1, 0.15) is 37.3 Å². The number of hydrogen-bond donors (Lipinski definition) is 1. The van der Waals surface area contributed by atoms with Gasteiger partial charge in [0.05, 0.1) is 5.56 Å². The van der Waals surface area contributed by atoms with Crippen molar-refractivity contribution in [3.63, 3.8) is 0 Å². The van der Waals surface area contributed by atoms with E-state index in [1.807, 2.05) is 0 Å². The third kappa shape index (κ3) is 5.91. The molecule has 20 heavy (non-hydrogen) atoms. The normalized spacial score (nSPS) is 11.8. The number of rotatable bonds is 6. The van der Waals surface area contributed by atoms with E-state index >= 15 is 0 Å². The maximum absolute atomic E-state index is 12.4. The first-order chi connectivity index (χ1) is 9.43. The quantitative estimate of drug-likeness (QED) is 0.620. The molecule has 0 unspecified atom stereocenters. The highest BCUT2D eigenvalue weighted by Crippen LogP contribution is 2.29. The number of hydrogen-bond acceptors (Lipinski definition) is 1. The van der Waals surface area contributed by atoms with Crippen molar-refractivity contribution < 1.29 is 18.0 Å². The van der Waals surface area contributed by atoms with Crippen molar-refractivity contribution in [2.75, 3.05) is 6.54 Å². The molecule has 0 radical (unpaired) electrons. The van der Waals surface area contributed by atoms with Gasteiger partial charge in [0, 0.05) is 12.6 Å². The Hall–Kier alpha value is -1.78. The Labute approximate surface area is 116 Å². The number of amides is 1. The summed E-state index contributed by atoms with van der Waals surface area (Å²) >= 11 is 0. The van der Waals surface area contributed by atoms with E-state index in [0.717, 1.165) is 31.4 Å². The van der Waals surface area contributed by atoms with Crippen LogP contribution in [0.2, 0.25) is 0 Å². The van der Waals surface area contributed by atoms with Crippen LogP contribution in [0, 0.1) is 0 Å². The third-order valence-corrected chi connectivity index (χ3v) is 2.74. The summed E-state index contributed by atoms with van der Waals surface area (Å²) in [5.74, 6) is -0.235. The van der Waals surface area contributed by atoms with Gasteiger partial charge in [-0.05, 0) is 30.2 Å². The average molecular weight is 285 g/mol. The van der Waals surface area contributed by atoms with Gasteiger partial charge in [-0.1, -0.05) is 31.9 Å². The standard InChI is InChI=1S/C15H18F3NO/c1-2-3-4-11-19-14(20)10-7-12-5-8-13(9-6-12)15(16,17)18/h5-10H,2-4,11H2,1H3,(H,19,20). The molecule has 0 aliphatic carbocycles. The van der Waals surface area contributed by atoms with Crippen molar-refractivity contribution in [1.82, 2.24) is 5.32 Å². The van der Waals surface area contributed by atoms with Gasteiger partial charge in [-0.2, -0.15) is 13.2 Å². The molecule has 1 N–H and O–H groups in total.